The molecule has 1 aliphatic heterocycles. The fraction of sp³-hybridized carbons (Fsp3) is 0.297. The van der Waals surface area contributed by atoms with Gasteiger partial charge in [0.1, 0.15) is 65.2 Å². The number of benzene rings is 5. The maximum absolute atomic E-state index is 12.5. The number of nitrogens with zero attached hydrogens (tertiary/aromatic N) is 11. The number of nitrogen functional groups attached to an aromatic ring is 2. The van der Waals surface area contributed by atoms with Gasteiger partial charge in [0.15, 0.2) is 5.65 Å². The molecule has 0 spiro atoms. The third-order valence-electron chi connectivity index (χ3n) is 14.5. The maximum Gasteiger partial charge on any atom is 0.349 e. The second kappa shape index (κ2) is 38.0. The van der Waals surface area contributed by atoms with Crippen LogP contribution in [0.15, 0.2) is 144 Å². The van der Waals surface area contributed by atoms with E-state index in [2.05, 4.69) is 40.2 Å². The number of fused-ring (bicyclic) bond motifs is 2. The fourth-order valence-corrected chi connectivity index (χ4v) is 9.05. The van der Waals surface area contributed by atoms with Gasteiger partial charge in [-0.2, -0.15) is 25.5 Å². The second-order valence-electron chi connectivity index (χ2n) is 24.9. The molecule has 0 saturated heterocycles. The molecular formula is C74H84N16O12. The van der Waals surface area contributed by atoms with Crippen LogP contribution in [0.25, 0.3) is 23.3 Å². The third kappa shape index (κ3) is 26.4. The number of ether oxygens (including phenoxy) is 4. The number of carboxylic acids is 2. The summed E-state index contributed by atoms with van der Waals surface area (Å²) in [6, 6.07) is 40.9. The Morgan fingerprint density at radius 3 is 1.45 bits per heavy atom. The van der Waals surface area contributed by atoms with Gasteiger partial charge >= 0.3 is 23.9 Å². The van der Waals surface area contributed by atoms with Crippen molar-refractivity contribution in [1.82, 2.24) is 35.2 Å². The molecule has 0 saturated carbocycles. The number of aromatic amines is 1. The van der Waals surface area contributed by atoms with E-state index in [0.29, 0.717) is 104 Å². The number of nitrogens with two attached hydrogens (primary N) is 3. The first kappa shape index (κ1) is 78.4. The van der Waals surface area contributed by atoms with Gasteiger partial charge in [-0.3, -0.25) is 24.2 Å². The minimum Gasteiger partial charge on any atom is -0.481 e. The lowest BCUT2D eigenvalue weighted by molar-refractivity contribution is -0.150. The number of rotatable bonds is 26. The molecule has 0 fully saturated rings. The average Bonchev–Trinajstić information content (AvgIpc) is 1.65. The number of amides is 1. The van der Waals surface area contributed by atoms with E-state index < -0.39 is 35.1 Å². The van der Waals surface area contributed by atoms with E-state index in [0.717, 1.165) is 51.3 Å². The number of anilines is 5. The van der Waals surface area contributed by atoms with Crippen molar-refractivity contribution in [3.63, 3.8) is 0 Å². The number of H-pyrrole nitrogens is 1. The van der Waals surface area contributed by atoms with Gasteiger partial charge in [-0.15, -0.1) is 0 Å². The van der Waals surface area contributed by atoms with Gasteiger partial charge in [0.25, 0.3) is 0 Å². The number of carbonyl (C=O) groups excluding carboxylic acids is 4. The maximum atomic E-state index is 12.5. The van der Waals surface area contributed by atoms with Crippen molar-refractivity contribution >= 4 is 100 Å². The Balaban J connectivity index is 0.000000234. The Labute approximate surface area is 591 Å². The third-order valence-corrected chi connectivity index (χ3v) is 14.5. The molecular weight excluding hydrogens is 1300 g/mol. The first-order valence-corrected chi connectivity index (χ1v) is 32.1. The van der Waals surface area contributed by atoms with E-state index in [1.807, 2.05) is 114 Å². The van der Waals surface area contributed by atoms with Crippen LogP contribution in [0.5, 0.6) is 11.8 Å². The van der Waals surface area contributed by atoms with Crippen LogP contribution in [-0.4, -0.2) is 134 Å². The Kier molecular flexibility index (Phi) is 29.2. The van der Waals surface area contributed by atoms with Crippen molar-refractivity contribution in [2.45, 2.75) is 105 Å². The second-order valence-corrected chi connectivity index (χ2v) is 24.9. The van der Waals surface area contributed by atoms with Crippen molar-refractivity contribution in [3.8, 4) is 23.9 Å². The predicted octanol–water partition coefficient (Wildman–Crippen LogP) is 9.52. The molecule has 8 aromatic rings. The van der Waals surface area contributed by atoms with Crippen molar-refractivity contribution in [3.05, 3.63) is 183 Å². The van der Waals surface area contributed by atoms with Crippen molar-refractivity contribution in [2.24, 2.45) is 10.7 Å². The number of aromatic nitrogens is 6. The largest absolute Gasteiger partial charge is 0.481 e. The van der Waals surface area contributed by atoms with E-state index >= 15 is 0 Å². The summed E-state index contributed by atoms with van der Waals surface area (Å²) in [4.78, 5) is 101. The number of hydrogen-bond acceptors (Lipinski definition) is 24. The van der Waals surface area contributed by atoms with Crippen LogP contribution in [0.3, 0.4) is 0 Å². The smallest absolute Gasteiger partial charge is 0.349 e. The summed E-state index contributed by atoms with van der Waals surface area (Å²) < 4.78 is 22.0. The Morgan fingerprint density at radius 1 is 0.588 bits per heavy atom. The Bertz CT molecular complexity index is 4340. The Morgan fingerprint density at radius 2 is 1.01 bits per heavy atom. The molecule has 0 aliphatic carbocycles. The summed E-state index contributed by atoms with van der Waals surface area (Å²) in [5.74, 6) is -1.98. The normalized spacial score (nSPS) is 11.5. The highest BCUT2D eigenvalue weighted by Gasteiger charge is 2.22. The minimum atomic E-state index is -0.850. The average molecular weight is 1390 g/mol. The molecule has 1 aliphatic rings. The predicted molar refractivity (Wildman–Crippen MR) is 388 cm³/mol. The van der Waals surface area contributed by atoms with Crippen LogP contribution in [-0.2, 0) is 66.2 Å². The lowest BCUT2D eigenvalue weighted by Gasteiger charge is -2.19. The number of aliphatic carboxylic acids is 2. The first-order valence-electron chi connectivity index (χ1n) is 32.1. The molecule has 0 unspecified atom stereocenters. The number of aliphatic imine (C=N–C) groups is 1. The topological polar surface area (TPSA) is 420 Å². The number of hydrogen-bond donors (Lipinski definition) is 7. The van der Waals surface area contributed by atoms with E-state index in [9.17, 15) is 34.0 Å². The molecule has 9 rings (SSSR count). The first-order chi connectivity index (χ1) is 48.5. The summed E-state index contributed by atoms with van der Waals surface area (Å²) in [6.07, 6.45) is 8.12. The fourth-order valence-electron chi connectivity index (χ4n) is 9.05. The monoisotopic (exact) mass is 1390 g/mol. The van der Waals surface area contributed by atoms with Gasteiger partial charge in [-0.1, -0.05) is 72.8 Å². The van der Waals surface area contributed by atoms with Gasteiger partial charge in [0.2, 0.25) is 29.6 Å². The summed E-state index contributed by atoms with van der Waals surface area (Å²) in [5, 5.41) is 38.7. The number of esters is 2. The van der Waals surface area contributed by atoms with E-state index in [1.54, 1.807) is 103 Å². The zero-order valence-electron chi connectivity index (χ0n) is 58.3. The zero-order chi connectivity index (χ0) is 74.5. The highest BCUT2D eigenvalue weighted by Crippen LogP contribution is 2.33. The summed E-state index contributed by atoms with van der Waals surface area (Å²) >= 11 is 0. The van der Waals surface area contributed by atoms with Crippen LogP contribution in [0.1, 0.15) is 110 Å². The van der Waals surface area contributed by atoms with Crippen LogP contribution in [0, 0.1) is 22.7 Å². The number of carboxylic acid groups (broad SMARTS) is 2. The van der Waals surface area contributed by atoms with Gasteiger partial charge in [0, 0.05) is 95.5 Å². The summed E-state index contributed by atoms with van der Waals surface area (Å²) in [7, 11) is 5.52. The highest BCUT2D eigenvalue weighted by atomic mass is 16.6. The molecule has 0 atom stereocenters. The standard InChI is InChI=1S/C32H35N7O4.C18H22N2O4.C13H14N6O.C11H13NO3/c1-32(2,3)43-30(41)24(18-33)17-21-9-11-25(12-10-21)39(4)16-14-27(40)36-19-22-5-7-23(8-6-22)20-42-29-28-26(13-15-35-28)37-31(34)38-29;1-18(2,3)24-17(23)14(12-19)11-13-5-7-15(8-6-13)20(4)10-9-16(21)22;14-5-8-1-3-9(4-2-8)6-20-12-10-11(17-7-16-10)18-13(15)19-12;1-12(7-6-11(14)15)10-4-2-9(8-13)3-5-10/h5-12,15,17H,13-14,16,19-20H2,1-4H3,(H,36,40)(H2,34,37,38);5-8,11H,9-10H2,1-4H3,(H,21,22);1-4,7H,5-6,14H2,(H3,15,16,17,18,19);2-5,8H,6-7H2,1H3,(H,14,15)/b24-17+;14-11+;;. The molecule has 28 heteroatoms. The van der Waals surface area contributed by atoms with Crippen LogP contribution >= 0.6 is 0 Å². The van der Waals surface area contributed by atoms with Crippen molar-refractivity contribution < 1.29 is 57.9 Å². The van der Waals surface area contributed by atoms with E-state index in [-0.39, 0.29) is 41.8 Å². The van der Waals surface area contributed by atoms with Gasteiger partial charge < -0.3 is 71.4 Å². The molecule has 1 amide bonds. The molecule has 102 heavy (non-hydrogen) atoms. The minimum absolute atomic E-state index is 0.0510. The molecule has 0 bridgehead atoms. The summed E-state index contributed by atoms with van der Waals surface area (Å²) in [5.41, 5.74) is 26.7. The lowest BCUT2D eigenvalue weighted by atomic mass is 10.1. The van der Waals surface area contributed by atoms with Crippen LogP contribution in [0.4, 0.5) is 34.6 Å². The van der Waals surface area contributed by atoms with E-state index in [4.69, 9.17) is 51.6 Å². The Hall–Kier alpha value is -12.6. The molecule has 28 nitrogen and oxygen atoms in total. The quantitative estimate of drug-likeness (QED) is 0.0115. The van der Waals surface area contributed by atoms with Gasteiger partial charge in [0.05, 0.1) is 24.9 Å². The number of nitrogens with one attached hydrogen (secondary N) is 2. The van der Waals surface area contributed by atoms with Crippen molar-refractivity contribution in [1.29, 1.82) is 10.5 Å². The molecule has 5 aromatic carbocycles. The number of carbonyl (C=O) groups is 6. The van der Waals surface area contributed by atoms with E-state index in [1.165, 1.54) is 18.5 Å². The summed E-state index contributed by atoms with van der Waals surface area (Å²) in [6.45, 7) is 13.5. The number of nitriles is 2. The number of aldehydes is 1. The van der Waals surface area contributed by atoms with Crippen LogP contribution in [0.2, 0.25) is 0 Å². The SMILES string of the molecule is CN(CCC(=O)NCc1ccc(COc2nc(N)nc3c2N=CC3)cc1)c1ccc(/C=C(\C#N)C(=O)OC(C)(C)C)cc1.CN(CCC(=O)O)c1ccc(/C=C(\C#N)C(=O)OC(C)(C)C)cc1.CN(CCC(=O)O)c1ccc(C=O)cc1.NCc1ccc(COc2nc(N)nc3nc[nH]c23)cc1. The van der Waals surface area contributed by atoms with Gasteiger partial charge in [-0.25, -0.2) is 19.6 Å². The zero-order valence-corrected chi connectivity index (χ0v) is 58.3. The molecule has 532 valence electrons. The number of imidazole rings is 1. The molecule has 3 aromatic heterocycles. The molecule has 0 radical (unpaired) electrons. The molecule has 4 heterocycles. The lowest BCUT2D eigenvalue weighted by Crippen LogP contribution is -2.28. The highest BCUT2D eigenvalue weighted by molar-refractivity contribution is 5.99. The van der Waals surface area contributed by atoms with Crippen molar-refractivity contribution in [2.75, 3.05) is 66.9 Å². The molecule has 10 N–H and O–H groups in total. The van der Waals surface area contributed by atoms with Gasteiger partial charge in [-0.05, 0) is 136 Å². The van der Waals surface area contributed by atoms with Crippen LogP contribution < -0.4 is 46.7 Å².